The molecule has 0 bridgehead atoms. The third-order valence-corrected chi connectivity index (χ3v) is 6.19. The second kappa shape index (κ2) is 8.74. The average Bonchev–Trinajstić information content (AvgIpc) is 3.13. The Kier molecular flexibility index (Phi) is 6.17. The molecule has 1 aliphatic heterocycles. The van der Waals surface area contributed by atoms with E-state index in [1.165, 1.54) is 24.2 Å². The van der Waals surface area contributed by atoms with Crippen molar-refractivity contribution in [3.05, 3.63) is 40.1 Å². The van der Waals surface area contributed by atoms with Gasteiger partial charge in [0.2, 0.25) is 0 Å². The molecule has 2 aromatic heterocycles. The zero-order valence-corrected chi connectivity index (χ0v) is 18.7. The number of methoxy groups -OCH3 is 1. The minimum absolute atomic E-state index is 0.00375. The van der Waals surface area contributed by atoms with Gasteiger partial charge in [-0.25, -0.2) is 27.8 Å². The lowest BCUT2D eigenvalue weighted by Gasteiger charge is -2.40. The van der Waals surface area contributed by atoms with Gasteiger partial charge in [0, 0.05) is 30.1 Å². The molecule has 1 aromatic carbocycles. The van der Waals surface area contributed by atoms with E-state index in [2.05, 4.69) is 26.9 Å². The highest BCUT2D eigenvalue weighted by molar-refractivity contribution is 6.31. The molecule has 7 nitrogen and oxygen atoms in total. The standard InChI is InChI=1S/C21H24ClF3N6O/c1-4-5-30-7-11(8-30)14-16(23)13(22)6-12(18(14)32-3)10(2)31-21-15(17(29-31)19(24)25)20(26)27-9-28-21/h6,9-11,19H,4-5,7-8H2,1-3H3,(H2,26,27,28). The van der Waals surface area contributed by atoms with Crippen molar-refractivity contribution in [2.75, 3.05) is 32.5 Å². The monoisotopic (exact) mass is 468 g/mol. The van der Waals surface area contributed by atoms with Crippen molar-refractivity contribution in [1.29, 1.82) is 0 Å². The number of rotatable bonds is 7. The van der Waals surface area contributed by atoms with Crippen molar-refractivity contribution in [2.45, 2.75) is 38.7 Å². The van der Waals surface area contributed by atoms with Crippen LogP contribution in [-0.4, -0.2) is 51.4 Å². The summed E-state index contributed by atoms with van der Waals surface area (Å²) in [6.45, 7) is 6.14. The van der Waals surface area contributed by atoms with Crippen LogP contribution < -0.4 is 10.5 Å². The summed E-state index contributed by atoms with van der Waals surface area (Å²) in [6.07, 6.45) is -0.670. The number of halogens is 4. The normalized spacial score (nSPS) is 16.0. The van der Waals surface area contributed by atoms with Crippen molar-refractivity contribution in [3.8, 4) is 5.75 Å². The molecule has 0 aliphatic carbocycles. The summed E-state index contributed by atoms with van der Waals surface area (Å²) in [5.41, 5.74) is 6.40. The van der Waals surface area contributed by atoms with Crippen LogP contribution in [0.4, 0.5) is 19.0 Å². The molecular weight excluding hydrogens is 445 g/mol. The van der Waals surface area contributed by atoms with Crippen LogP contribution in [0.5, 0.6) is 5.75 Å². The minimum Gasteiger partial charge on any atom is -0.496 e. The van der Waals surface area contributed by atoms with E-state index in [1.807, 2.05) is 0 Å². The molecule has 2 N–H and O–H groups in total. The molecule has 0 spiro atoms. The van der Waals surface area contributed by atoms with Crippen LogP contribution in [0.1, 0.15) is 55.5 Å². The minimum atomic E-state index is -2.87. The molecular formula is C21H24ClF3N6O. The largest absolute Gasteiger partial charge is 0.496 e. The maximum Gasteiger partial charge on any atom is 0.282 e. The summed E-state index contributed by atoms with van der Waals surface area (Å²) < 4.78 is 49.4. The molecule has 1 unspecified atom stereocenters. The molecule has 172 valence electrons. The molecule has 1 aliphatic rings. The van der Waals surface area contributed by atoms with Crippen molar-refractivity contribution < 1.29 is 17.9 Å². The van der Waals surface area contributed by atoms with E-state index in [0.717, 1.165) is 13.0 Å². The van der Waals surface area contributed by atoms with Crippen molar-refractivity contribution in [2.24, 2.45) is 0 Å². The van der Waals surface area contributed by atoms with Crippen LogP contribution in [-0.2, 0) is 0 Å². The van der Waals surface area contributed by atoms with Gasteiger partial charge in [0.15, 0.2) is 5.65 Å². The third-order valence-electron chi connectivity index (χ3n) is 5.91. The maximum atomic E-state index is 15.1. The summed E-state index contributed by atoms with van der Waals surface area (Å²) in [7, 11) is 1.46. The van der Waals surface area contributed by atoms with Crippen LogP contribution in [0.15, 0.2) is 12.4 Å². The molecule has 0 saturated carbocycles. The van der Waals surface area contributed by atoms with Crippen LogP contribution in [0.2, 0.25) is 5.02 Å². The average molecular weight is 469 g/mol. The van der Waals surface area contributed by atoms with Gasteiger partial charge < -0.3 is 15.4 Å². The Morgan fingerprint density at radius 2 is 2.03 bits per heavy atom. The lowest BCUT2D eigenvalue weighted by atomic mass is 9.87. The first kappa shape index (κ1) is 22.6. The number of nitrogens with zero attached hydrogens (tertiary/aromatic N) is 5. The number of ether oxygens (including phenoxy) is 1. The number of fused-ring (bicyclic) bond motifs is 1. The predicted molar refractivity (Wildman–Crippen MR) is 116 cm³/mol. The number of benzene rings is 1. The second-order valence-corrected chi connectivity index (χ2v) is 8.34. The quantitative estimate of drug-likeness (QED) is 0.547. The third kappa shape index (κ3) is 3.65. The Hall–Kier alpha value is -2.59. The summed E-state index contributed by atoms with van der Waals surface area (Å²) >= 11 is 6.26. The summed E-state index contributed by atoms with van der Waals surface area (Å²) in [5.74, 6) is -0.347. The molecule has 3 aromatic rings. The van der Waals surface area contributed by atoms with Gasteiger partial charge in [-0.15, -0.1) is 0 Å². The number of anilines is 1. The van der Waals surface area contributed by atoms with E-state index in [9.17, 15) is 8.78 Å². The highest BCUT2D eigenvalue weighted by atomic mass is 35.5. The van der Waals surface area contributed by atoms with Gasteiger partial charge in [0.1, 0.15) is 29.4 Å². The highest BCUT2D eigenvalue weighted by Crippen LogP contribution is 2.44. The van der Waals surface area contributed by atoms with Gasteiger partial charge in [-0.05, 0) is 26.0 Å². The summed E-state index contributed by atoms with van der Waals surface area (Å²) in [5, 5.41) is 4.02. The van der Waals surface area contributed by atoms with E-state index in [-0.39, 0.29) is 27.8 Å². The Bertz CT molecular complexity index is 1150. The second-order valence-electron chi connectivity index (χ2n) is 7.93. The van der Waals surface area contributed by atoms with Gasteiger partial charge >= 0.3 is 0 Å². The zero-order valence-electron chi connectivity index (χ0n) is 17.9. The van der Waals surface area contributed by atoms with E-state index < -0.39 is 24.0 Å². The van der Waals surface area contributed by atoms with E-state index in [0.29, 0.717) is 30.0 Å². The number of hydrogen-bond acceptors (Lipinski definition) is 6. The predicted octanol–water partition coefficient (Wildman–Crippen LogP) is 4.57. The van der Waals surface area contributed by atoms with Gasteiger partial charge in [-0.1, -0.05) is 18.5 Å². The molecule has 11 heteroatoms. The van der Waals surface area contributed by atoms with E-state index in [1.54, 1.807) is 6.92 Å². The zero-order chi connectivity index (χ0) is 23.2. The first-order valence-corrected chi connectivity index (χ1v) is 10.7. The smallest absolute Gasteiger partial charge is 0.282 e. The Morgan fingerprint density at radius 1 is 1.31 bits per heavy atom. The summed E-state index contributed by atoms with van der Waals surface area (Å²) in [6, 6.07) is 0.810. The number of aromatic nitrogens is 4. The number of alkyl halides is 2. The van der Waals surface area contributed by atoms with Gasteiger partial charge in [0.05, 0.1) is 23.6 Å². The fourth-order valence-electron chi connectivity index (χ4n) is 4.38. The van der Waals surface area contributed by atoms with Crippen LogP contribution >= 0.6 is 11.6 Å². The number of nitrogen functional groups attached to an aromatic ring is 1. The van der Waals surface area contributed by atoms with E-state index in [4.69, 9.17) is 22.1 Å². The number of nitrogens with two attached hydrogens (primary N) is 1. The lowest BCUT2D eigenvalue weighted by molar-refractivity contribution is 0.144. The Morgan fingerprint density at radius 3 is 2.66 bits per heavy atom. The van der Waals surface area contributed by atoms with Crippen molar-refractivity contribution >= 4 is 28.5 Å². The van der Waals surface area contributed by atoms with Gasteiger partial charge in [-0.3, -0.25) is 0 Å². The van der Waals surface area contributed by atoms with Crippen molar-refractivity contribution in [1.82, 2.24) is 24.6 Å². The fraction of sp³-hybridized carbons (Fsp3) is 0.476. The molecule has 1 atom stereocenters. The molecule has 4 rings (SSSR count). The van der Waals surface area contributed by atoms with Crippen LogP contribution in [0.3, 0.4) is 0 Å². The Balaban J connectivity index is 1.83. The molecule has 0 radical (unpaired) electrons. The molecule has 1 saturated heterocycles. The van der Waals surface area contributed by atoms with Gasteiger partial charge in [0.25, 0.3) is 6.43 Å². The van der Waals surface area contributed by atoms with E-state index >= 15 is 4.39 Å². The summed E-state index contributed by atoms with van der Waals surface area (Å²) in [4.78, 5) is 10.2. The van der Waals surface area contributed by atoms with Crippen molar-refractivity contribution in [3.63, 3.8) is 0 Å². The molecule has 0 amide bonds. The first-order valence-electron chi connectivity index (χ1n) is 10.3. The first-order chi connectivity index (χ1) is 15.3. The fourth-order valence-corrected chi connectivity index (χ4v) is 4.60. The Labute approximate surface area is 188 Å². The molecule has 1 fully saturated rings. The molecule has 32 heavy (non-hydrogen) atoms. The topological polar surface area (TPSA) is 82.1 Å². The maximum absolute atomic E-state index is 15.1. The number of hydrogen-bond donors (Lipinski definition) is 1. The SMILES string of the molecule is CCCN1CC(c2c(F)c(Cl)cc(C(C)n3nc(C(F)F)c4c(N)ncnc43)c2OC)C1. The number of likely N-dealkylation sites (tertiary alicyclic amines) is 1. The van der Waals surface area contributed by atoms with Crippen LogP contribution in [0.25, 0.3) is 11.0 Å². The highest BCUT2D eigenvalue weighted by Gasteiger charge is 2.35. The van der Waals surface area contributed by atoms with Crippen LogP contribution in [0, 0.1) is 5.82 Å². The van der Waals surface area contributed by atoms with Gasteiger partial charge in [-0.2, -0.15) is 5.10 Å². The molecule has 3 heterocycles. The lowest BCUT2D eigenvalue weighted by Crippen LogP contribution is -2.45.